The number of rotatable bonds is 6. The summed E-state index contributed by atoms with van der Waals surface area (Å²) in [6.07, 6.45) is 1.61. The molecule has 1 aliphatic rings. The number of nitrogens with one attached hydrogen (secondary N) is 1. The largest absolute Gasteiger partial charge is 0.355 e. The second-order valence-electron chi connectivity index (χ2n) is 5.76. The van der Waals surface area contributed by atoms with Crippen LogP contribution in [-0.4, -0.2) is 62.3 Å². The Morgan fingerprint density at radius 3 is 2.42 bits per heavy atom. The van der Waals surface area contributed by atoms with E-state index in [-0.39, 0.29) is 11.9 Å². The maximum absolute atomic E-state index is 12.4. The molecular formula is C17H25N3O3S. The number of benzene rings is 1. The molecule has 6 nitrogen and oxygen atoms in total. The minimum Gasteiger partial charge on any atom is -0.355 e. The molecule has 1 aromatic rings. The van der Waals surface area contributed by atoms with Gasteiger partial charge in [-0.25, -0.2) is 8.42 Å². The molecule has 0 saturated carbocycles. The number of hydrogen-bond donors (Lipinski definition) is 1. The van der Waals surface area contributed by atoms with E-state index >= 15 is 0 Å². The first kappa shape index (κ1) is 18.6. The van der Waals surface area contributed by atoms with Gasteiger partial charge in [-0.3, -0.25) is 9.69 Å². The van der Waals surface area contributed by atoms with Crippen molar-refractivity contribution in [2.75, 3.05) is 32.7 Å². The summed E-state index contributed by atoms with van der Waals surface area (Å²) in [7, 11) is -3.44. The fourth-order valence-corrected chi connectivity index (χ4v) is 3.82. The summed E-state index contributed by atoms with van der Waals surface area (Å²) in [6, 6.07) is 9.10. The SMILES string of the molecule is CCNC(=O)[C@@H](C)N1CCN(S(=O)(=O)/C=C/c2ccccc2)CC1. The highest BCUT2D eigenvalue weighted by molar-refractivity contribution is 7.92. The van der Waals surface area contributed by atoms with Crippen LogP contribution in [0.5, 0.6) is 0 Å². The Hall–Kier alpha value is -1.70. The molecule has 1 atom stereocenters. The molecule has 0 aromatic heterocycles. The average molecular weight is 351 g/mol. The lowest BCUT2D eigenvalue weighted by Crippen LogP contribution is -2.54. The molecule has 24 heavy (non-hydrogen) atoms. The van der Waals surface area contributed by atoms with E-state index in [9.17, 15) is 13.2 Å². The average Bonchev–Trinajstić information content (AvgIpc) is 2.60. The van der Waals surface area contributed by atoms with Gasteiger partial charge in [0.1, 0.15) is 0 Å². The fourth-order valence-electron chi connectivity index (χ4n) is 2.65. The van der Waals surface area contributed by atoms with E-state index in [2.05, 4.69) is 5.32 Å². The monoisotopic (exact) mass is 351 g/mol. The second kappa shape index (κ2) is 8.41. The van der Waals surface area contributed by atoms with Crippen molar-refractivity contribution in [1.29, 1.82) is 0 Å². The molecule has 2 rings (SSSR count). The van der Waals surface area contributed by atoms with E-state index in [4.69, 9.17) is 0 Å². The maximum Gasteiger partial charge on any atom is 0.237 e. The standard InChI is InChI=1S/C17H25N3O3S/c1-3-18-17(21)15(2)19-10-12-20(13-11-19)24(22,23)14-9-16-7-5-4-6-8-16/h4-9,14-15H,3,10-13H2,1-2H3,(H,18,21)/b14-9+/t15-/m1/s1. The van der Waals surface area contributed by atoms with Gasteiger partial charge in [0.25, 0.3) is 0 Å². The molecule has 1 amide bonds. The lowest BCUT2D eigenvalue weighted by atomic mass is 10.2. The van der Waals surface area contributed by atoms with Gasteiger partial charge in [0, 0.05) is 38.1 Å². The topological polar surface area (TPSA) is 69.7 Å². The summed E-state index contributed by atoms with van der Waals surface area (Å²) in [5.41, 5.74) is 0.851. The van der Waals surface area contributed by atoms with Gasteiger partial charge in [0.05, 0.1) is 6.04 Å². The number of carbonyl (C=O) groups is 1. The van der Waals surface area contributed by atoms with Gasteiger partial charge in [0.2, 0.25) is 15.9 Å². The zero-order chi connectivity index (χ0) is 17.6. The highest BCUT2D eigenvalue weighted by Crippen LogP contribution is 2.13. The molecule has 0 spiro atoms. The molecule has 1 saturated heterocycles. The van der Waals surface area contributed by atoms with E-state index in [1.165, 1.54) is 9.71 Å². The maximum atomic E-state index is 12.4. The van der Waals surface area contributed by atoms with Crippen molar-refractivity contribution in [2.45, 2.75) is 19.9 Å². The molecular weight excluding hydrogens is 326 g/mol. The smallest absolute Gasteiger partial charge is 0.237 e. The van der Waals surface area contributed by atoms with Crippen LogP contribution in [0.4, 0.5) is 0 Å². The Labute approximate surface area is 144 Å². The number of piperazine rings is 1. The van der Waals surface area contributed by atoms with Crippen molar-refractivity contribution in [1.82, 2.24) is 14.5 Å². The highest BCUT2D eigenvalue weighted by atomic mass is 32.2. The Morgan fingerprint density at radius 2 is 1.83 bits per heavy atom. The molecule has 1 fully saturated rings. The number of carbonyl (C=O) groups excluding carboxylic acids is 1. The number of nitrogens with zero attached hydrogens (tertiary/aromatic N) is 2. The fraction of sp³-hybridized carbons (Fsp3) is 0.471. The first-order valence-electron chi connectivity index (χ1n) is 8.19. The number of amides is 1. The predicted octanol–water partition coefficient (Wildman–Crippen LogP) is 1.13. The molecule has 0 aliphatic carbocycles. The van der Waals surface area contributed by atoms with Crippen molar-refractivity contribution in [3.05, 3.63) is 41.3 Å². The molecule has 132 valence electrons. The van der Waals surface area contributed by atoms with Crippen LogP contribution in [0.15, 0.2) is 35.7 Å². The van der Waals surface area contributed by atoms with Crippen LogP contribution in [0.25, 0.3) is 6.08 Å². The van der Waals surface area contributed by atoms with E-state index in [1.54, 1.807) is 6.08 Å². The first-order chi connectivity index (χ1) is 11.4. The summed E-state index contributed by atoms with van der Waals surface area (Å²) in [5, 5.41) is 4.05. The van der Waals surface area contributed by atoms with E-state index < -0.39 is 10.0 Å². The number of sulfonamides is 1. The third-order valence-corrected chi connectivity index (χ3v) is 5.71. The normalized spacial score (nSPS) is 18.6. The number of hydrogen-bond acceptors (Lipinski definition) is 4. The molecule has 0 radical (unpaired) electrons. The van der Waals surface area contributed by atoms with Gasteiger partial charge in [-0.1, -0.05) is 30.3 Å². The Kier molecular flexibility index (Phi) is 6.53. The molecule has 7 heteroatoms. The molecule has 0 unspecified atom stereocenters. The van der Waals surface area contributed by atoms with E-state index in [0.29, 0.717) is 32.7 Å². The number of likely N-dealkylation sites (N-methyl/N-ethyl adjacent to an activating group) is 1. The van der Waals surface area contributed by atoms with Crippen molar-refractivity contribution in [3.8, 4) is 0 Å². The summed E-state index contributed by atoms with van der Waals surface area (Å²) < 4.78 is 26.3. The quantitative estimate of drug-likeness (QED) is 0.834. The summed E-state index contributed by atoms with van der Waals surface area (Å²) >= 11 is 0. The lowest BCUT2D eigenvalue weighted by Gasteiger charge is -2.36. The minimum absolute atomic E-state index is 0.0159. The first-order valence-corrected chi connectivity index (χ1v) is 9.69. The predicted molar refractivity (Wildman–Crippen MR) is 95.7 cm³/mol. The molecule has 0 bridgehead atoms. The van der Waals surface area contributed by atoms with Crippen molar-refractivity contribution in [2.24, 2.45) is 0 Å². The summed E-state index contributed by atoms with van der Waals surface area (Å²) in [6.45, 7) is 6.23. The van der Waals surface area contributed by atoms with Crippen molar-refractivity contribution in [3.63, 3.8) is 0 Å². The molecule has 1 aliphatic heterocycles. The van der Waals surface area contributed by atoms with Crippen LogP contribution in [-0.2, 0) is 14.8 Å². The van der Waals surface area contributed by atoms with Crippen molar-refractivity contribution >= 4 is 22.0 Å². The van der Waals surface area contributed by atoms with Gasteiger partial charge >= 0.3 is 0 Å². The van der Waals surface area contributed by atoms with Crippen LogP contribution in [0.2, 0.25) is 0 Å². The zero-order valence-corrected chi connectivity index (χ0v) is 15.0. The summed E-state index contributed by atoms with van der Waals surface area (Å²) in [5.74, 6) is -0.0159. The van der Waals surface area contributed by atoms with Gasteiger partial charge in [-0.05, 0) is 25.5 Å². The third kappa shape index (κ3) is 4.90. The lowest BCUT2D eigenvalue weighted by molar-refractivity contribution is -0.126. The Bertz CT molecular complexity index is 666. The van der Waals surface area contributed by atoms with Gasteiger partial charge < -0.3 is 5.32 Å². The Morgan fingerprint density at radius 1 is 1.21 bits per heavy atom. The Balaban J connectivity index is 1.93. The zero-order valence-electron chi connectivity index (χ0n) is 14.2. The van der Waals surface area contributed by atoms with Gasteiger partial charge in [-0.2, -0.15) is 4.31 Å². The van der Waals surface area contributed by atoms with E-state index in [0.717, 1.165) is 5.56 Å². The van der Waals surface area contributed by atoms with E-state index in [1.807, 2.05) is 49.1 Å². The summed E-state index contributed by atoms with van der Waals surface area (Å²) in [4.78, 5) is 13.9. The molecule has 1 aromatic carbocycles. The van der Waals surface area contributed by atoms with Gasteiger partial charge in [0.15, 0.2) is 0 Å². The molecule has 1 N–H and O–H groups in total. The molecule has 1 heterocycles. The van der Waals surface area contributed by atoms with Crippen LogP contribution < -0.4 is 5.32 Å². The van der Waals surface area contributed by atoms with Crippen LogP contribution in [0.3, 0.4) is 0 Å². The third-order valence-electron chi connectivity index (χ3n) is 4.14. The van der Waals surface area contributed by atoms with Crippen LogP contribution in [0.1, 0.15) is 19.4 Å². The minimum atomic E-state index is -3.44. The van der Waals surface area contributed by atoms with Crippen LogP contribution >= 0.6 is 0 Å². The van der Waals surface area contributed by atoms with Crippen molar-refractivity contribution < 1.29 is 13.2 Å². The highest BCUT2D eigenvalue weighted by Gasteiger charge is 2.29. The second-order valence-corrected chi connectivity index (χ2v) is 7.58. The van der Waals surface area contributed by atoms with Gasteiger partial charge in [-0.15, -0.1) is 0 Å². The van der Waals surface area contributed by atoms with Crippen LogP contribution in [0, 0.1) is 0 Å².